The number of pyridine rings is 1. The highest BCUT2D eigenvalue weighted by Crippen LogP contribution is 2.35. The van der Waals surface area contributed by atoms with Crippen LogP contribution in [0.4, 0.5) is 10.5 Å². The molecule has 1 saturated heterocycles. The molecule has 39 heavy (non-hydrogen) atoms. The van der Waals surface area contributed by atoms with Crippen LogP contribution >= 0.6 is 0 Å². The highest BCUT2D eigenvalue weighted by molar-refractivity contribution is 7.93. The normalized spacial score (nSPS) is 15.2. The highest BCUT2D eigenvalue weighted by Gasteiger charge is 2.41. The van der Waals surface area contributed by atoms with E-state index in [-0.39, 0.29) is 23.7 Å². The van der Waals surface area contributed by atoms with E-state index in [1.165, 1.54) is 18.2 Å². The number of benzene rings is 1. The molecule has 1 aliphatic heterocycles. The van der Waals surface area contributed by atoms with Crippen molar-refractivity contribution in [3.05, 3.63) is 42.7 Å². The molecule has 0 radical (unpaired) electrons. The molecule has 4 rings (SSSR count). The minimum Gasteiger partial charge on any atom is -0.495 e. The number of likely N-dealkylation sites (tertiary alicyclic amines) is 1. The number of sulfone groups is 1. The number of nitrogens with zero attached hydrogens (tertiary/aromatic N) is 3. The van der Waals surface area contributed by atoms with Crippen LogP contribution < -0.4 is 9.46 Å². The molecule has 0 saturated carbocycles. The minimum atomic E-state index is -3.78. The second-order valence-electron chi connectivity index (χ2n) is 11.4. The number of methoxy groups -OCH3 is 1. The van der Waals surface area contributed by atoms with E-state index in [1.807, 2.05) is 0 Å². The average Bonchev–Trinajstić information content (AvgIpc) is 3.17. The van der Waals surface area contributed by atoms with Gasteiger partial charge in [-0.05, 0) is 53.7 Å². The predicted molar refractivity (Wildman–Crippen MR) is 148 cm³/mol. The topological polar surface area (TPSA) is 136 Å². The maximum Gasteiger partial charge on any atom is 0.410 e. The first-order valence-electron chi connectivity index (χ1n) is 12.3. The van der Waals surface area contributed by atoms with Crippen molar-refractivity contribution in [1.82, 2.24) is 14.3 Å². The number of ether oxygens (including phenoxy) is 2. The zero-order chi connectivity index (χ0) is 29.0. The van der Waals surface area contributed by atoms with Crippen molar-refractivity contribution in [2.24, 2.45) is 0 Å². The fraction of sp³-hybridized carbons (Fsp3) is 0.462. The molecule has 0 atom stereocenters. The molecule has 13 heteroatoms. The Kier molecular flexibility index (Phi) is 7.13. The molecule has 11 nitrogen and oxygen atoms in total. The summed E-state index contributed by atoms with van der Waals surface area (Å²) in [5.74, 6) is 0.192. The first-order valence-corrected chi connectivity index (χ1v) is 15.4. The smallest absolute Gasteiger partial charge is 0.410 e. The highest BCUT2D eigenvalue weighted by atomic mass is 32.2. The zero-order valence-corrected chi connectivity index (χ0v) is 24.7. The van der Waals surface area contributed by atoms with E-state index < -0.39 is 41.6 Å². The summed E-state index contributed by atoms with van der Waals surface area (Å²) in [4.78, 5) is 17.9. The third kappa shape index (κ3) is 5.69. The lowest BCUT2D eigenvalue weighted by Gasteiger charge is -2.39. The number of aromatic nitrogens is 2. The number of amides is 1. The number of nitrogens with one attached hydrogen (secondary N) is 1. The van der Waals surface area contributed by atoms with E-state index >= 15 is 0 Å². The maximum absolute atomic E-state index is 13.3. The first kappa shape index (κ1) is 28.7. The van der Waals surface area contributed by atoms with Crippen LogP contribution in [-0.2, 0) is 24.6 Å². The Balaban J connectivity index is 1.60. The molecule has 1 aromatic carbocycles. The van der Waals surface area contributed by atoms with E-state index in [0.29, 0.717) is 22.6 Å². The lowest BCUT2D eigenvalue weighted by atomic mass is 10.1. The summed E-state index contributed by atoms with van der Waals surface area (Å²) < 4.78 is 66.3. The Morgan fingerprint density at radius 3 is 2.31 bits per heavy atom. The molecule has 1 fully saturated rings. The molecule has 3 heterocycles. The molecule has 1 N–H and O–H groups in total. The summed E-state index contributed by atoms with van der Waals surface area (Å²) in [5, 5.41) is -0.776. The van der Waals surface area contributed by atoms with Gasteiger partial charge in [0, 0.05) is 36.6 Å². The number of hydrogen-bond acceptors (Lipinski definition) is 8. The van der Waals surface area contributed by atoms with Crippen LogP contribution in [0, 0.1) is 0 Å². The number of carbonyl (C=O) groups excluding carboxylic acids is 1. The average molecular weight is 579 g/mol. The third-order valence-electron chi connectivity index (χ3n) is 6.25. The fourth-order valence-electron chi connectivity index (χ4n) is 3.99. The summed E-state index contributed by atoms with van der Waals surface area (Å²) >= 11 is 0. The Morgan fingerprint density at radius 2 is 1.72 bits per heavy atom. The van der Waals surface area contributed by atoms with Crippen LogP contribution in [-0.4, -0.2) is 73.0 Å². The monoisotopic (exact) mass is 578 g/mol. The fourth-order valence-corrected chi connectivity index (χ4v) is 6.68. The van der Waals surface area contributed by atoms with Crippen LogP contribution in [0.3, 0.4) is 0 Å². The summed E-state index contributed by atoms with van der Waals surface area (Å²) in [7, 11) is -6.13. The number of anilines is 1. The summed E-state index contributed by atoms with van der Waals surface area (Å²) in [6, 6.07) is 8.29. The molecule has 212 valence electrons. The van der Waals surface area contributed by atoms with E-state index in [1.54, 1.807) is 82.5 Å². The van der Waals surface area contributed by atoms with Gasteiger partial charge in [0.2, 0.25) is 10.0 Å². The maximum atomic E-state index is 13.3. The van der Waals surface area contributed by atoms with Crippen molar-refractivity contribution in [2.45, 2.75) is 62.0 Å². The van der Waals surface area contributed by atoms with E-state index in [4.69, 9.17) is 9.47 Å². The summed E-state index contributed by atoms with van der Waals surface area (Å²) in [6.45, 7) is 10.2. The van der Waals surface area contributed by atoms with Crippen LogP contribution in [0.15, 0.2) is 47.6 Å². The minimum absolute atomic E-state index is 0.0284. The van der Waals surface area contributed by atoms with Crippen molar-refractivity contribution >= 4 is 37.3 Å². The van der Waals surface area contributed by atoms with Gasteiger partial charge in [-0.25, -0.2) is 26.6 Å². The summed E-state index contributed by atoms with van der Waals surface area (Å²) in [6.07, 6.45) is 2.52. The molecule has 1 aliphatic rings. The second kappa shape index (κ2) is 9.70. The Bertz CT molecular complexity index is 1630. The lowest BCUT2D eigenvalue weighted by molar-refractivity contribution is 0.0139. The van der Waals surface area contributed by atoms with Gasteiger partial charge in [0.1, 0.15) is 27.1 Å². The van der Waals surface area contributed by atoms with Gasteiger partial charge in [-0.2, -0.15) is 0 Å². The molecule has 0 spiro atoms. The van der Waals surface area contributed by atoms with Crippen molar-refractivity contribution in [2.75, 3.05) is 24.9 Å². The number of rotatable bonds is 6. The molecular weight excluding hydrogens is 544 g/mol. The van der Waals surface area contributed by atoms with Gasteiger partial charge in [-0.1, -0.05) is 12.1 Å². The quantitative estimate of drug-likeness (QED) is 0.465. The Hall–Kier alpha value is -3.32. The van der Waals surface area contributed by atoms with Gasteiger partial charge >= 0.3 is 6.09 Å². The van der Waals surface area contributed by atoms with Crippen molar-refractivity contribution in [3.8, 4) is 17.0 Å². The van der Waals surface area contributed by atoms with Gasteiger partial charge in [-0.3, -0.25) is 9.12 Å². The SMILES string of the molecule is COc1cc2ncc(-c3cccc(NS(=O)(=O)C4CN(C(=O)OC(C)(C)C)C4)c3)n2cc1S(=O)(=O)C(C)(C)C. The van der Waals surface area contributed by atoms with Gasteiger partial charge in [0.05, 0.1) is 23.7 Å². The van der Waals surface area contributed by atoms with Gasteiger partial charge in [0.15, 0.2) is 9.84 Å². The standard InChI is InChI=1S/C26H34N4O7S2/c1-25(2,3)37-24(31)29-14-19(15-29)39(34,35)28-18-10-8-9-17(11-18)20-13-27-23-12-21(36-7)22(16-30(20)23)38(32,33)26(4,5)6/h8-13,16,19,28H,14-15H2,1-7H3. The van der Waals surface area contributed by atoms with Crippen LogP contribution in [0.1, 0.15) is 41.5 Å². The molecule has 0 aliphatic carbocycles. The number of imidazole rings is 1. The third-order valence-corrected chi connectivity index (χ3v) is 10.4. The van der Waals surface area contributed by atoms with Gasteiger partial charge in [0.25, 0.3) is 0 Å². The lowest BCUT2D eigenvalue weighted by Crippen LogP contribution is -2.58. The molecule has 2 aromatic heterocycles. The zero-order valence-electron chi connectivity index (χ0n) is 23.0. The number of sulfonamides is 1. The number of fused-ring (bicyclic) bond motifs is 1. The van der Waals surface area contributed by atoms with Crippen LogP contribution in [0.25, 0.3) is 16.9 Å². The predicted octanol–water partition coefficient (Wildman–Crippen LogP) is 3.94. The van der Waals surface area contributed by atoms with E-state index in [2.05, 4.69) is 9.71 Å². The van der Waals surface area contributed by atoms with Crippen molar-refractivity contribution in [1.29, 1.82) is 0 Å². The first-order chi connectivity index (χ1) is 17.9. The molecule has 0 bridgehead atoms. The van der Waals surface area contributed by atoms with E-state index in [0.717, 1.165) is 0 Å². The second-order valence-corrected chi connectivity index (χ2v) is 16.1. The molecule has 3 aromatic rings. The van der Waals surface area contributed by atoms with Crippen LogP contribution in [0.2, 0.25) is 0 Å². The largest absolute Gasteiger partial charge is 0.495 e. The van der Waals surface area contributed by atoms with Crippen molar-refractivity contribution in [3.63, 3.8) is 0 Å². The van der Waals surface area contributed by atoms with Crippen molar-refractivity contribution < 1.29 is 31.1 Å². The molecule has 1 amide bonds. The summed E-state index contributed by atoms with van der Waals surface area (Å²) in [5.41, 5.74) is 1.32. The molecule has 0 unspecified atom stereocenters. The number of hydrogen-bond donors (Lipinski definition) is 1. The van der Waals surface area contributed by atoms with Gasteiger partial charge < -0.3 is 14.4 Å². The Morgan fingerprint density at radius 1 is 1.05 bits per heavy atom. The van der Waals surface area contributed by atoms with Gasteiger partial charge in [-0.15, -0.1) is 0 Å². The molecular formula is C26H34N4O7S2. The Labute approximate surface area is 229 Å². The van der Waals surface area contributed by atoms with Crippen LogP contribution in [0.5, 0.6) is 5.75 Å². The van der Waals surface area contributed by atoms with E-state index in [9.17, 15) is 21.6 Å². The number of carbonyl (C=O) groups is 1.